The first-order valence-electron chi connectivity index (χ1n) is 6.21. The Morgan fingerprint density at radius 2 is 2.25 bits per heavy atom. The molecule has 0 fully saturated rings. The molecule has 0 aliphatic heterocycles. The van der Waals surface area contributed by atoms with Crippen molar-refractivity contribution in [2.45, 2.75) is 26.4 Å². The van der Waals surface area contributed by atoms with Gasteiger partial charge in [0, 0.05) is 6.20 Å². The number of ether oxygens (including phenoxy) is 2. The molecule has 0 aliphatic carbocycles. The van der Waals surface area contributed by atoms with Gasteiger partial charge in [0.1, 0.15) is 23.8 Å². The van der Waals surface area contributed by atoms with Gasteiger partial charge in [-0.2, -0.15) is 0 Å². The number of aromatic nitrogens is 1. The highest BCUT2D eigenvalue weighted by molar-refractivity contribution is 5.67. The number of halogens is 1. The quantitative estimate of drug-likeness (QED) is 0.902. The predicted octanol–water partition coefficient (Wildman–Crippen LogP) is 2.84. The van der Waals surface area contributed by atoms with E-state index < -0.39 is 17.5 Å². The Bertz CT molecular complexity index is 455. The molecular formula is C14H19FN2O3. The second-order valence-electron chi connectivity index (χ2n) is 5.01. The second-order valence-corrected chi connectivity index (χ2v) is 5.01. The molecule has 0 radical (unpaired) electrons. The molecule has 0 atom stereocenters. The number of carbonyl (C=O) groups is 1. The van der Waals surface area contributed by atoms with Crippen molar-refractivity contribution in [1.82, 2.24) is 10.3 Å². The highest BCUT2D eigenvalue weighted by atomic mass is 19.1. The fraction of sp³-hybridized carbons (Fsp3) is 0.429. The summed E-state index contributed by atoms with van der Waals surface area (Å²) < 4.78 is 23.6. The number of alkyl carbamates (subject to hydrolysis) is 1. The lowest BCUT2D eigenvalue weighted by Crippen LogP contribution is -2.33. The summed E-state index contributed by atoms with van der Waals surface area (Å²) in [7, 11) is 0. The minimum absolute atomic E-state index is 0.0630. The SMILES string of the molecule is CC(C)(C)OC(=O)NCC(F)=CCOc1cccnc1. The van der Waals surface area contributed by atoms with Gasteiger partial charge in [0.25, 0.3) is 0 Å². The molecule has 1 rings (SSSR count). The monoisotopic (exact) mass is 282 g/mol. The van der Waals surface area contributed by atoms with Gasteiger partial charge in [-0.1, -0.05) is 0 Å². The predicted molar refractivity (Wildman–Crippen MR) is 73.2 cm³/mol. The van der Waals surface area contributed by atoms with Crippen LogP contribution in [0.1, 0.15) is 20.8 Å². The third kappa shape index (κ3) is 7.35. The summed E-state index contributed by atoms with van der Waals surface area (Å²) in [6.07, 6.45) is 3.73. The second kappa shape index (κ2) is 7.47. The highest BCUT2D eigenvalue weighted by Crippen LogP contribution is 2.08. The first-order valence-corrected chi connectivity index (χ1v) is 6.21. The summed E-state index contributed by atoms with van der Waals surface area (Å²) in [5, 5.41) is 2.32. The van der Waals surface area contributed by atoms with E-state index in [0.717, 1.165) is 0 Å². The van der Waals surface area contributed by atoms with Gasteiger partial charge in [-0.3, -0.25) is 4.98 Å². The third-order valence-electron chi connectivity index (χ3n) is 1.99. The van der Waals surface area contributed by atoms with Crippen molar-refractivity contribution in [1.29, 1.82) is 0 Å². The Kier molecular flexibility index (Phi) is 5.96. The summed E-state index contributed by atoms with van der Waals surface area (Å²) in [5.41, 5.74) is -0.603. The van der Waals surface area contributed by atoms with E-state index in [9.17, 15) is 9.18 Å². The van der Waals surface area contributed by atoms with Crippen molar-refractivity contribution in [2.24, 2.45) is 0 Å². The van der Waals surface area contributed by atoms with Crippen molar-refractivity contribution >= 4 is 6.09 Å². The maximum absolute atomic E-state index is 13.4. The van der Waals surface area contributed by atoms with E-state index in [2.05, 4.69) is 10.3 Å². The van der Waals surface area contributed by atoms with Crippen LogP contribution < -0.4 is 10.1 Å². The number of amides is 1. The maximum Gasteiger partial charge on any atom is 0.408 e. The van der Waals surface area contributed by atoms with Crippen LogP contribution in [0.5, 0.6) is 5.75 Å². The van der Waals surface area contributed by atoms with E-state index in [0.29, 0.717) is 5.75 Å². The smallest absolute Gasteiger partial charge is 0.408 e. The van der Waals surface area contributed by atoms with Crippen LogP contribution in [0.15, 0.2) is 36.4 Å². The molecule has 0 aromatic carbocycles. The van der Waals surface area contributed by atoms with Crippen LogP contribution in [0.3, 0.4) is 0 Å². The van der Waals surface area contributed by atoms with Gasteiger partial charge in [-0.25, -0.2) is 9.18 Å². The normalized spacial score (nSPS) is 11.9. The molecule has 5 nitrogen and oxygen atoms in total. The molecule has 0 aliphatic rings. The lowest BCUT2D eigenvalue weighted by Gasteiger charge is -2.19. The minimum atomic E-state index is -0.658. The molecule has 20 heavy (non-hydrogen) atoms. The summed E-state index contributed by atoms with van der Waals surface area (Å²) in [5.74, 6) is 0.0522. The first kappa shape index (κ1) is 15.9. The van der Waals surface area contributed by atoms with E-state index in [1.807, 2.05) is 0 Å². The van der Waals surface area contributed by atoms with Crippen LogP contribution in [-0.4, -0.2) is 29.8 Å². The highest BCUT2D eigenvalue weighted by Gasteiger charge is 2.15. The van der Waals surface area contributed by atoms with Crippen molar-refractivity contribution in [3.63, 3.8) is 0 Å². The number of nitrogens with one attached hydrogen (secondary N) is 1. The first-order chi connectivity index (χ1) is 9.37. The molecule has 0 unspecified atom stereocenters. The van der Waals surface area contributed by atoms with E-state index in [4.69, 9.17) is 9.47 Å². The topological polar surface area (TPSA) is 60.5 Å². The molecule has 1 N–H and O–H groups in total. The molecule has 1 aromatic heterocycles. The van der Waals surface area contributed by atoms with Crippen LogP contribution in [0.25, 0.3) is 0 Å². The van der Waals surface area contributed by atoms with E-state index >= 15 is 0 Å². The zero-order valence-corrected chi connectivity index (χ0v) is 11.9. The zero-order valence-electron chi connectivity index (χ0n) is 11.9. The molecule has 1 aromatic rings. The molecule has 110 valence electrons. The Labute approximate surface area is 117 Å². The van der Waals surface area contributed by atoms with Crippen molar-refractivity contribution in [2.75, 3.05) is 13.2 Å². The largest absolute Gasteiger partial charge is 0.488 e. The number of pyridine rings is 1. The van der Waals surface area contributed by atoms with Crippen molar-refractivity contribution in [3.8, 4) is 5.75 Å². The summed E-state index contributed by atoms with van der Waals surface area (Å²) in [4.78, 5) is 15.2. The molecule has 6 heteroatoms. The molecule has 0 bridgehead atoms. The Balaban J connectivity index is 2.27. The van der Waals surface area contributed by atoms with Crippen LogP contribution >= 0.6 is 0 Å². The van der Waals surface area contributed by atoms with Gasteiger partial charge in [0.05, 0.1) is 12.7 Å². The van der Waals surface area contributed by atoms with E-state index in [-0.39, 0.29) is 13.2 Å². The molecular weight excluding hydrogens is 263 g/mol. The van der Waals surface area contributed by atoms with Gasteiger partial charge in [-0.15, -0.1) is 0 Å². The number of carbonyl (C=O) groups excluding carboxylic acids is 1. The van der Waals surface area contributed by atoms with E-state index in [1.54, 1.807) is 39.1 Å². The maximum atomic E-state index is 13.4. The molecule has 1 heterocycles. The van der Waals surface area contributed by atoms with Gasteiger partial charge < -0.3 is 14.8 Å². The van der Waals surface area contributed by atoms with Crippen LogP contribution in [0.4, 0.5) is 9.18 Å². The lowest BCUT2D eigenvalue weighted by atomic mass is 10.2. The van der Waals surface area contributed by atoms with Crippen LogP contribution in [0, 0.1) is 0 Å². The molecule has 0 spiro atoms. The van der Waals surface area contributed by atoms with Crippen LogP contribution in [0.2, 0.25) is 0 Å². The van der Waals surface area contributed by atoms with E-state index in [1.165, 1.54) is 12.3 Å². The fourth-order valence-corrected chi connectivity index (χ4v) is 1.20. The number of rotatable bonds is 5. The number of nitrogens with zero attached hydrogens (tertiary/aromatic N) is 1. The zero-order chi connectivity index (χ0) is 15.0. The summed E-state index contributed by atoms with van der Waals surface area (Å²) >= 11 is 0. The fourth-order valence-electron chi connectivity index (χ4n) is 1.20. The molecule has 1 amide bonds. The molecule has 0 saturated carbocycles. The average molecular weight is 282 g/mol. The average Bonchev–Trinajstić information content (AvgIpc) is 2.36. The standard InChI is InChI=1S/C14H19FN2O3/c1-14(2,3)20-13(18)17-9-11(15)6-8-19-12-5-4-7-16-10-12/h4-7,10H,8-9H2,1-3H3,(H,17,18). The Morgan fingerprint density at radius 3 is 2.85 bits per heavy atom. The summed E-state index contributed by atoms with van der Waals surface area (Å²) in [6.45, 7) is 5.04. The number of hydrogen-bond acceptors (Lipinski definition) is 4. The van der Waals surface area contributed by atoms with Gasteiger partial charge in [0.2, 0.25) is 0 Å². The third-order valence-corrected chi connectivity index (χ3v) is 1.99. The summed E-state index contributed by atoms with van der Waals surface area (Å²) in [6, 6.07) is 3.44. The Hall–Kier alpha value is -2.11. The van der Waals surface area contributed by atoms with Crippen molar-refractivity contribution in [3.05, 3.63) is 36.4 Å². The van der Waals surface area contributed by atoms with Gasteiger partial charge >= 0.3 is 6.09 Å². The Morgan fingerprint density at radius 1 is 1.50 bits per heavy atom. The van der Waals surface area contributed by atoms with Gasteiger partial charge in [-0.05, 0) is 39.0 Å². The minimum Gasteiger partial charge on any atom is -0.488 e. The molecule has 0 saturated heterocycles. The van der Waals surface area contributed by atoms with Gasteiger partial charge in [0.15, 0.2) is 0 Å². The number of hydrogen-bond donors (Lipinski definition) is 1. The van der Waals surface area contributed by atoms with Crippen LogP contribution in [-0.2, 0) is 4.74 Å². The van der Waals surface area contributed by atoms with Crippen molar-refractivity contribution < 1.29 is 18.7 Å². The lowest BCUT2D eigenvalue weighted by molar-refractivity contribution is 0.0529.